The summed E-state index contributed by atoms with van der Waals surface area (Å²) in [7, 11) is 0. The molecule has 0 heterocycles. The largest absolute Gasteiger partial charge is 0.299 e. The summed E-state index contributed by atoms with van der Waals surface area (Å²) in [5.41, 5.74) is 2.58. The van der Waals surface area contributed by atoms with Crippen molar-refractivity contribution in [3.63, 3.8) is 0 Å². The van der Waals surface area contributed by atoms with Crippen LogP contribution in [-0.4, -0.2) is 5.78 Å². The predicted octanol–water partition coefficient (Wildman–Crippen LogP) is 7.84. The molecule has 5 fully saturated rings. The Balaban J connectivity index is 1.53. The Morgan fingerprint density at radius 3 is 2.23 bits per heavy atom. The third-order valence-electron chi connectivity index (χ3n) is 12.7. The fourth-order valence-corrected chi connectivity index (χ4v) is 11.0. The maximum Gasteiger partial charge on any atom is 0.138 e. The van der Waals surface area contributed by atoms with Gasteiger partial charge in [0.1, 0.15) is 5.78 Å². The van der Waals surface area contributed by atoms with Gasteiger partial charge in [-0.2, -0.15) is 0 Å². The molecule has 30 heavy (non-hydrogen) atoms. The van der Waals surface area contributed by atoms with E-state index < -0.39 is 0 Å². The Labute approximate surface area is 185 Å². The van der Waals surface area contributed by atoms with Crippen molar-refractivity contribution in [2.24, 2.45) is 57.2 Å². The van der Waals surface area contributed by atoms with Crippen LogP contribution in [0.4, 0.5) is 0 Å². The van der Waals surface area contributed by atoms with Gasteiger partial charge in [-0.3, -0.25) is 4.79 Å². The highest BCUT2D eigenvalue weighted by Crippen LogP contribution is 2.75. The monoisotopic (exact) mass is 410 g/mol. The Morgan fingerprint density at radius 1 is 0.833 bits per heavy atom. The van der Waals surface area contributed by atoms with Gasteiger partial charge in [0.2, 0.25) is 0 Å². The van der Waals surface area contributed by atoms with E-state index in [1.165, 1.54) is 56.9 Å². The van der Waals surface area contributed by atoms with E-state index in [4.69, 9.17) is 0 Å². The van der Waals surface area contributed by atoms with Crippen LogP contribution in [0.2, 0.25) is 0 Å². The minimum absolute atomic E-state index is 0.125. The van der Waals surface area contributed by atoms with E-state index in [0.717, 1.165) is 42.4 Å². The maximum atomic E-state index is 12.9. The summed E-state index contributed by atoms with van der Waals surface area (Å²) >= 11 is 0. The minimum atomic E-state index is -0.125. The number of hydrogen-bond donors (Lipinski definition) is 0. The van der Waals surface area contributed by atoms with Crippen molar-refractivity contribution in [1.82, 2.24) is 0 Å². The third kappa shape index (κ3) is 2.45. The van der Waals surface area contributed by atoms with Crippen molar-refractivity contribution in [2.75, 3.05) is 0 Å². The van der Waals surface area contributed by atoms with Crippen molar-refractivity contribution in [2.45, 2.75) is 106 Å². The number of ketones is 1. The first-order valence-electron chi connectivity index (χ1n) is 13.2. The van der Waals surface area contributed by atoms with Crippen molar-refractivity contribution >= 4 is 5.78 Å². The van der Waals surface area contributed by atoms with Crippen LogP contribution < -0.4 is 0 Å². The van der Waals surface area contributed by atoms with E-state index in [0.29, 0.717) is 27.9 Å². The van der Waals surface area contributed by atoms with Crippen LogP contribution in [0.25, 0.3) is 0 Å². The quantitative estimate of drug-likeness (QED) is 0.402. The molecule has 0 N–H and O–H groups in total. The summed E-state index contributed by atoms with van der Waals surface area (Å²) in [5.74, 6) is 5.42. The molecule has 9 atom stereocenters. The lowest BCUT2D eigenvalue weighted by Crippen LogP contribution is -2.65. The second-order valence-corrected chi connectivity index (χ2v) is 13.7. The Hall–Kier alpha value is -0.590. The minimum Gasteiger partial charge on any atom is -0.299 e. The Kier molecular flexibility index (Phi) is 4.59. The van der Waals surface area contributed by atoms with Gasteiger partial charge in [-0.05, 0) is 116 Å². The molecule has 5 saturated carbocycles. The van der Waals surface area contributed by atoms with E-state index in [9.17, 15) is 4.79 Å². The molecule has 168 valence electrons. The topological polar surface area (TPSA) is 17.1 Å². The molecule has 0 aliphatic heterocycles. The van der Waals surface area contributed by atoms with Crippen LogP contribution in [0, 0.1) is 57.2 Å². The van der Waals surface area contributed by atoms with Crippen LogP contribution >= 0.6 is 0 Å². The van der Waals surface area contributed by atoms with Gasteiger partial charge in [0, 0.05) is 11.8 Å². The molecule has 0 aromatic heterocycles. The zero-order valence-electron chi connectivity index (χ0n) is 20.7. The average molecular weight is 411 g/mol. The van der Waals surface area contributed by atoms with Crippen molar-refractivity contribution in [3.05, 3.63) is 12.2 Å². The van der Waals surface area contributed by atoms with Crippen LogP contribution in [0.5, 0.6) is 0 Å². The molecule has 0 bridgehead atoms. The summed E-state index contributed by atoms with van der Waals surface area (Å²) < 4.78 is 0. The summed E-state index contributed by atoms with van der Waals surface area (Å²) in [4.78, 5) is 12.9. The summed E-state index contributed by atoms with van der Waals surface area (Å²) in [6.07, 6.45) is 13.1. The fourth-order valence-electron chi connectivity index (χ4n) is 11.0. The average Bonchev–Trinajstić information content (AvgIpc) is 3.10. The molecule has 0 saturated heterocycles. The first kappa shape index (κ1) is 21.3. The SMILES string of the molecule is C=C(C)[C@@H]1CC[C@H]2CC[C@]3(C)[C@H](CC[C@@H]4[C@@]5(C)CCC(=O)C(C)(C)[C@@H]5CC[C@]43C)[C@H]21. The van der Waals surface area contributed by atoms with Crippen molar-refractivity contribution in [3.8, 4) is 0 Å². The highest BCUT2D eigenvalue weighted by Gasteiger charge is 2.69. The van der Waals surface area contributed by atoms with Gasteiger partial charge < -0.3 is 0 Å². The van der Waals surface area contributed by atoms with E-state index in [1.54, 1.807) is 0 Å². The molecule has 0 aromatic rings. The third-order valence-corrected chi connectivity index (χ3v) is 12.7. The lowest BCUT2D eigenvalue weighted by atomic mass is 9.33. The molecule has 0 amide bonds. The number of carbonyl (C=O) groups is 1. The van der Waals surface area contributed by atoms with Crippen LogP contribution in [-0.2, 0) is 4.79 Å². The number of Topliss-reactive ketones (excluding diaryl/α,β-unsaturated/α-hetero) is 1. The van der Waals surface area contributed by atoms with Crippen molar-refractivity contribution < 1.29 is 4.79 Å². The first-order chi connectivity index (χ1) is 14.0. The molecule has 5 aliphatic rings. The van der Waals surface area contributed by atoms with Gasteiger partial charge in [0.15, 0.2) is 0 Å². The maximum absolute atomic E-state index is 12.9. The number of rotatable bonds is 1. The zero-order valence-corrected chi connectivity index (χ0v) is 20.7. The molecule has 0 aromatic carbocycles. The van der Waals surface area contributed by atoms with E-state index in [1.807, 2.05) is 0 Å². The first-order valence-corrected chi connectivity index (χ1v) is 13.2. The predicted molar refractivity (Wildman–Crippen MR) is 125 cm³/mol. The second kappa shape index (κ2) is 6.48. The zero-order chi connectivity index (χ0) is 21.7. The van der Waals surface area contributed by atoms with Crippen molar-refractivity contribution in [1.29, 1.82) is 0 Å². The second-order valence-electron chi connectivity index (χ2n) is 13.7. The van der Waals surface area contributed by atoms with Gasteiger partial charge in [0.25, 0.3) is 0 Å². The summed E-state index contributed by atoms with van der Waals surface area (Å²) in [5, 5.41) is 0. The van der Waals surface area contributed by atoms with Crippen LogP contribution in [0.1, 0.15) is 106 Å². The highest BCUT2D eigenvalue weighted by atomic mass is 16.1. The number of fused-ring (bicyclic) bond motifs is 7. The molecule has 0 unspecified atom stereocenters. The lowest BCUT2D eigenvalue weighted by molar-refractivity contribution is -0.225. The molecule has 1 nitrogen and oxygen atoms in total. The summed E-state index contributed by atoms with van der Waals surface area (Å²) in [6.45, 7) is 19.3. The molecule has 0 radical (unpaired) electrons. The standard InChI is InChI=1S/C29H46O/c1-18(2)20-9-8-19-12-16-28(6)21(25(19)20)10-11-23-27(5)15-14-24(30)26(3,4)22(27)13-17-29(23,28)7/h19-23,25H,1,8-17H2,2-7H3/t19-,20-,21+,22-,23+,25+,27-,28+,29+/m0/s1. The fraction of sp³-hybridized carbons (Fsp3) is 0.897. The van der Waals surface area contributed by atoms with Crippen LogP contribution in [0.15, 0.2) is 12.2 Å². The van der Waals surface area contributed by atoms with E-state index in [2.05, 4.69) is 48.1 Å². The normalized spacial score (nSPS) is 54.5. The van der Waals surface area contributed by atoms with E-state index in [-0.39, 0.29) is 5.41 Å². The Morgan fingerprint density at radius 2 is 1.53 bits per heavy atom. The van der Waals surface area contributed by atoms with E-state index >= 15 is 0 Å². The highest BCUT2D eigenvalue weighted by molar-refractivity contribution is 5.85. The van der Waals surface area contributed by atoms with Gasteiger partial charge >= 0.3 is 0 Å². The summed E-state index contributed by atoms with van der Waals surface area (Å²) in [6, 6.07) is 0. The number of carbonyl (C=O) groups excluding carboxylic acids is 1. The molecule has 0 spiro atoms. The smallest absolute Gasteiger partial charge is 0.138 e. The van der Waals surface area contributed by atoms with Gasteiger partial charge in [-0.25, -0.2) is 0 Å². The molecule has 5 aliphatic carbocycles. The lowest BCUT2D eigenvalue weighted by Gasteiger charge is -2.71. The molecular formula is C29H46O. The van der Waals surface area contributed by atoms with Crippen LogP contribution in [0.3, 0.4) is 0 Å². The molecular weight excluding hydrogens is 364 g/mol. The number of allylic oxidation sites excluding steroid dienone is 1. The Bertz CT molecular complexity index is 762. The number of hydrogen-bond acceptors (Lipinski definition) is 1. The molecule has 5 rings (SSSR count). The van der Waals surface area contributed by atoms with Gasteiger partial charge in [0.05, 0.1) is 0 Å². The van der Waals surface area contributed by atoms with Gasteiger partial charge in [-0.15, -0.1) is 0 Å². The molecule has 1 heteroatoms. The van der Waals surface area contributed by atoms with Gasteiger partial charge in [-0.1, -0.05) is 46.8 Å².